The van der Waals surface area contributed by atoms with Crippen LogP contribution in [0.2, 0.25) is 0 Å². The van der Waals surface area contributed by atoms with Gasteiger partial charge in [0.1, 0.15) is 5.82 Å². The molecule has 1 aliphatic heterocycles. The Kier molecular flexibility index (Phi) is 4.61. The second kappa shape index (κ2) is 6.84. The minimum Gasteiger partial charge on any atom is -0.322 e. The maximum absolute atomic E-state index is 13.5. The van der Waals surface area contributed by atoms with Crippen LogP contribution in [0.3, 0.4) is 0 Å². The third-order valence-corrected chi connectivity index (χ3v) is 4.14. The molecule has 1 saturated heterocycles. The number of hydrogen-bond donors (Lipinski definition) is 1. The zero-order chi connectivity index (χ0) is 18.0. The molecule has 0 radical (unpaired) electrons. The monoisotopic (exact) mass is 340 g/mol. The summed E-state index contributed by atoms with van der Waals surface area (Å²) >= 11 is 0. The number of benzene rings is 2. The highest BCUT2D eigenvalue weighted by molar-refractivity contribution is 6.04. The Hall–Kier alpha value is -3.02. The fraction of sp³-hybridized carbons (Fsp3) is 0.211. The predicted octanol–water partition coefficient (Wildman–Crippen LogP) is 3.04. The van der Waals surface area contributed by atoms with Gasteiger partial charge in [-0.3, -0.25) is 19.3 Å². The summed E-state index contributed by atoms with van der Waals surface area (Å²) in [5.41, 5.74) is 2.06. The van der Waals surface area contributed by atoms with E-state index in [0.29, 0.717) is 16.8 Å². The summed E-state index contributed by atoms with van der Waals surface area (Å²) in [4.78, 5) is 36.7. The van der Waals surface area contributed by atoms with Gasteiger partial charge in [-0.25, -0.2) is 4.39 Å². The first kappa shape index (κ1) is 16.8. The number of carbonyl (C=O) groups is 3. The number of rotatable bonds is 4. The van der Waals surface area contributed by atoms with E-state index in [-0.39, 0.29) is 42.9 Å². The van der Waals surface area contributed by atoms with E-state index in [9.17, 15) is 18.8 Å². The summed E-state index contributed by atoms with van der Waals surface area (Å²) in [6.45, 7) is 1.86. The highest BCUT2D eigenvalue weighted by Crippen LogP contribution is 2.18. The minimum atomic E-state index is -0.381. The van der Waals surface area contributed by atoms with Gasteiger partial charge in [-0.05, 0) is 42.3 Å². The number of likely N-dealkylation sites (tertiary alicyclic amines) is 1. The van der Waals surface area contributed by atoms with E-state index in [1.807, 2.05) is 0 Å². The molecule has 2 aromatic rings. The molecule has 0 saturated carbocycles. The Balaban J connectivity index is 1.67. The second-order valence-corrected chi connectivity index (χ2v) is 5.99. The van der Waals surface area contributed by atoms with Crippen molar-refractivity contribution in [3.05, 3.63) is 65.0 Å². The lowest BCUT2D eigenvalue weighted by Crippen LogP contribution is -2.28. The lowest BCUT2D eigenvalue weighted by atomic mass is 10.1. The number of amides is 3. The third kappa shape index (κ3) is 3.74. The molecule has 1 fully saturated rings. The van der Waals surface area contributed by atoms with E-state index in [4.69, 9.17) is 0 Å². The first-order valence-corrected chi connectivity index (χ1v) is 7.93. The van der Waals surface area contributed by atoms with Gasteiger partial charge in [-0.15, -0.1) is 0 Å². The summed E-state index contributed by atoms with van der Waals surface area (Å²) in [6.07, 6.45) is 0.513. The van der Waals surface area contributed by atoms with Crippen LogP contribution in [0.4, 0.5) is 10.1 Å². The van der Waals surface area contributed by atoms with Crippen LogP contribution in [0.5, 0.6) is 0 Å². The van der Waals surface area contributed by atoms with Crippen molar-refractivity contribution in [1.29, 1.82) is 0 Å². The number of nitrogens with one attached hydrogen (secondary N) is 1. The van der Waals surface area contributed by atoms with Crippen LogP contribution in [-0.2, 0) is 16.1 Å². The molecule has 0 unspecified atom stereocenters. The summed E-state index contributed by atoms with van der Waals surface area (Å²) in [5.74, 6) is -1.09. The van der Waals surface area contributed by atoms with E-state index in [1.165, 1.54) is 11.0 Å². The van der Waals surface area contributed by atoms with Gasteiger partial charge in [0.25, 0.3) is 5.91 Å². The normalized spacial score (nSPS) is 14.1. The molecule has 0 atom stereocenters. The van der Waals surface area contributed by atoms with Gasteiger partial charge < -0.3 is 5.32 Å². The fourth-order valence-electron chi connectivity index (χ4n) is 2.62. The first-order valence-electron chi connectivity index (χ1n) is 7.93. The zero-order valence-electron chi connectivity index (χ0n) is 13.7. The SMILES string of the molecule is Cc1ccc(NC(=O)c2ccc(CN3C(=O)CCC3=O)cc2)cc1F. The molecule has 1 N–H and O–H groups in total. The maximum Gasteiger partial charge on any atom is 0.255 e. The van der Waals surface area contributed by atoms with Crippen molar-refractivity contribution < 1.29 is 18.8 Å². The molecule has 0 spiro atoms. The standard InChI is InChI=1S/C19H17FN2O3/c1-12-2-7-15(10-16(12)20)21-19(25)14-5-3-13(4-6-14)11-22-17(23)8-9-18(22)24/h2-7,10H,8-9,11H2,1H3,(H,21,25). The van der Waals surface area contributed by atoms with Crippen LogP contribution < -0.4 is 5.32 Å². The molecule has 3 rings (SSSR count). The Labute approximate surface area is 144 Å². The van der Waals surface area contributed by atoms with Crippen molar-refractivity contribution in [3.63, 3.8) is 0 Å². The predicted molar refractivity (Wildman–Crippen MR) is 90.3 cm³/mol. The van der Waals surface area contributed by atoms with Crippen molar-refractivity contribution in [2.75, 3.05) is 5.32 Å². The number of anilines is 1. The Morgan fingerprint density at radius 2 is 1.72 bits per heavy atom. The van der Waals surface area contributed by atoms with Crippen molar-refractivity contribution in [1.82, 2.24) is 4.90 Å². The summed E-state index contributed by atoms with van der Waals surface area (Å²) in [5, 5.41) is 2.64. The van der Waals surface area contributed by atoms with Crippen molar-refractivity contribution in [3.8, 4) is 0 Å². The summed E-state index contributed by atoms with van der Waals surface area (Å²) in [6, 6.07) is 11.1. The van der Waals surface area contributed by atoms with Gasteiger partial charge in [-0.1, -0.05) is 18.2 Å². The number of hydrogen-bond acceptors (Lipinski definition) is 3. The number of aryl methyl sites for hydroxylation is 1. The summed E-state index contributed by atoms with van der Waals surface area (Å²) in [7, 11) is 0. The number of imide groups is 1. The van der Waals surface area contributed by atoms with Crippen LogP contribution in [0.1, 0.15) is 34.3 Å². The van der Waals surface area contributed by atoms with Crippen molar-refractivity contribution in [2.24, 2.45) is 0 Å². The number of nitrogens with zero attached hydrogens (tertiary/aromatic N) is 1. The van der Waals surface area contributed by atoms with Crippen molar-refractivity contribution in [2.45, 2.75) is 26.3 Å². The fourth-order valence-corrected chi connectivity index (χ4v) is 2.62. The molecule has 0 aromatic heterocycles. The molecule has 3 amide bonds. The summed E-state index contributed by atoms with van der Waals surface area (Å²) < 4.78 is 13.5. The van der Waals surface area contributed by atoms with Crippen LogP contribution in [0.15, 0.2) is 42.5 Å². The average Bonchev–Trinajstić information content (AvgIpc) is 2.91. The zero-order valence-corrected chi connectivity index (χ0v) is 13.7. The first-order chi connectivity index (χ1) is 11.9. The van der Waals surface area contributed by atoms with Gasteiger partial charge >= 0.3 is 0 Å². The number of halogens is 1. The van der Waals surface area contributed by atoms with E-state index in [0.717, 1.165) is 5.56 Å². The highest BCUT2D eigenvalue weighted by Gasteiger charge is 2.28. The van der Waals surface area contributed by atoms with Crippen LogP contribution >= 0.6 is 0 Å². The Morgan fingerprint density at radius 1 is 1.08 bits per heavy atom. The van der Waals surface area contributed by atoms with Gasteiger partial charge in [0.2, 0.25) is 11.8 Å². The third-order valence-electron chi connectivity index (χ3n) is 4.14. The van der Waals surface area contributed by atoms with Crippen LogP contribution in [0, 0.1) is 12.7 Å². The average molecular weight is 340 g/mol. The smallest absolute Gasteiger partial charge is 0.255 e. The molecule has 5 nitrogen and oxygen atoms in total. The molecule has 2 aromatic carbocycles. The molecule has 1 heterocycles. The Bertz CT molecular complexity index is 830. The molecule has 0 bridgehead atoms. The molecule has 128 valence electrons. The topological polar surface area (TPSA) is 66.5 Å². The molecular formula is C19H17FN2O3. The minimum absolute atomic E-state index is 0.173. The van der Waals surface area contributed by atoms with Crippen LogP contribution in [-0.4, -0.2) is 22.6 Å². The van der Waals surface area contributed by atoms with Gasteiger partial charge in [0, 0.05) is 24.1 Å². The molecule has 6 heteroatoms. The second-order valence-electron chi connectivity index (χ2n) is 5.99. The maximum atomic E-state index is 13.5. The number of carbonyl (C=O) groups excluding carboxylic acids is 3. The van der Waals surface area contributed by atoms with Gasteiger partial charge in [0.15, 0.2) is 0 Å². The molecule has 25 heavy (non-hydrogen) atoms. The molecular weight excluding hydrogens is 323 g/mol. The van der Waals surface area contributed by atoms with Crippen LogP contribution in [0.25, 0.3) is 0 Å². The van der Waals surface area contributed by atoms with E-state index in [1.54, 1.807) is 43.3 Å². The lowest BCUT2D eigenvalue weighted by molar-refractivity contribution is -0.139. The van der Waals surface area contributed by atoms with E-state index < -0.39 is 0 Å². The Morgan fingerprint density at radius 3 is 2.32 bits per heavy atom. The molecule has 1 aliphatic rings. The lowest BCUT2D eigenvalue weighted by Gasteiger charge is -2.14. The quantitative estimate of drug-likeness (QED) is 0.870. The van der Waals surface area contributed by atoms with Gasteiger partial charge in [-0.2, -0.15) is 0 Å². The van der Waals surface area contributed by atoms with Gasteiger partial charge in [0.05, 0.1) is 6.54 Å². The van der Waals surface area contributed by atoms with Crippen molar-refractivity contribution >= 4 is 23.4 Å². The highest BCUT2D eigenvalue weighted by atomic mass is 19.1. The molecule has 0 aliphatic carbocycles. The van der Waals surface area contributed by atoms with E-state index in [2.05, 4.69) is 5.32 Å². The largest absolute Gasteiger partial charge is 0.322 e. The van der Waals surface area contributed by atoms with E-state index >= 15 is 0 Å².